The van der Waals surface area contributed by atoms with Crippen LogP contribution in [0, 0.1) is 13.8 Å². The highest BCUT2D eigenvalue weighted by atomic mass is 15.0. The number of H-pyrrole nitrogens is 1. The van der Waals surface area contributed by atoms with Crippen LogP contribution in [0.2, 0.25) is 0 Å². The molecule has 2 aromatic heterocycles. The van der Waals surface area contributed by atoms with Gasteiger partial charge in [0.1, 0.15) is 16.9 Å². The molecule has 0 atom stereocenters. The third kappa shape index (κ3) is 3.62. The first-order chi connectivity index (χ1) is 14.7. The summed E-state index contributed by atoms with van der Waals surface area (Å²) in [6, 6.07) is 27.8. The molecule has 5 rings (SSSR count). The SMILES string of the molecule is Cc1ccc(-c2ccc(-c3nc4cc[n+](Cc5ccccc5)cc4[nH]3)cc2)cc1C. The van der Waals surface area contributed by atoms with Crippen LogP contribution >= 0.6 is 0 Å². The molecule has 0 saturated carbocycles. The first-order valence-electron chi connectivity index (χ1n) is 10.3. The fraction of sp³-hybridized carbons (Fsp3) is 0.111. The van der Waals surface area contributed by atoms with Gasteiger partial charge in [-0.2, -0.15) is 4.57 Å². The zero-order valence-corrected chi connectivity index (χ0v) is 17.3. The molecule has 0 saturated heterocycles. The molecule has 0 unspecified atom stereocenters. The average molecular weight is 391 g/mol. The molecule has 3 aromatic carbocycles. The zero-order chi connectivity index (χ0) is 20.5. The average Bonchev–Trinajstić information content (AvgIpc) is 3.20. The molecule has 0 aliphatic rings. The maximum absolute atomic E-state index is 4.79. The van der Waals surface area contributed by atoms with Crippen LogP contribution in [-0.2, 0) is 6.54 Å². The summed E-state index contributed by atoms with van der Waals surface area (Å²) in [4.78, 5) is 8.27. The number of aromatic nitrogens is 3. The Morgan fingerprint density at radius 2 is 1.50 bits per heavy atom. The van der Waals surface area contributed by atoms with Crippen LogP contribution < -0.4 is 4.57 Å². The fourth-order valence-electron chi connectivity index (χ4n) is 3.77. The predicted molar refractivity (Wildman–Crippen MR) is 122 cm³/mol. The van der Waals surface area contributed by atoms with E-state index in [1.54, 1.807) is 0 Å². The number of rotatable bonds is 4. The largest absolute Gasteiger partial charge is 0.333 e. The number of fused-ring (bicyclic) bond motifs is 1. The lowest BCUT2D eigenvalue weighted by Gasteiger charge is -2.06. The zero-order valence-electron chi connectivity index (χ0n) is 17.3. The van der Waals surface area contributed by atoms with Crippen LogP contribution in [-0.4, -0.2) is 9.97 Å². The molecule has 0 aliphatic heterocycles. The number of aromatic amines is 1. The Labute approximate surface area is 176 Å². The van der Waals surface area contributed by atoms with E-state index in [2.05, 4.69) is 109 Å². The Balaban J connectivity index is 1.42. The number of hydrogen-bond donors (Lipinski definition) is 1. The second-order valence-electron chi connectivity index (χ2n) is 7.86. The molecule has 2 heterocycles. The van der Waals surface area contributed by atoms with Crippen LogP contribution in [0.1, 0.15) is 16.7 Å². The molecule has 0 fully saturated rings. The van der Waals surface area contributed by atoms with Crippen molar-refractivity contribution in [2.75, 3.05) is 0 Å². The summed E-state index contributed by atoms with van der Waals surface area (Å²) in [5, 5.41) is 0. The van der Waals surface area contributed by atoms with Crippen molar-refractivity contribution in [3.8, 4) is 22.5 Å². The highest BCUT2D eigenvalue weighted by Crippen LogP contribution is 2.26. The van der Waals surface area contributed by atoms with Crippen molar-refractivity contribution in [3.63, 3.8) is 0 Å². The van der Waals surface area contributed by atoms with Crippen molar-refractivity contribution in [1.29, 1.82) is 0 Å². The first kappa shape index (κ1) is 18.3. The molecule has 0 amide bonds. The van der Waals surface area contributed by atoms with E-state index in [9.17, 15) is 0 Å². The molecule has 0 bridgehead atoms. The minimum atomic E-state index is 0.843. The summed E-state index contributed by atoms with van der Waals surface area (Å²) >= 11 is 0. The van der Waals surface area contributed by atoms with Gasteiger partial charge in [0, 0.05) is 17.2 Å². The number of benzene rings is 3. The maximum Gasteiger partial charge on any atom is 0.195 e. The Hall–Kier alpha value is -3.72. The third-order valence-electron chi connectivity index (χ3n) is 5.69. The number of hydrogen-bond acceptors (Lipinski definition) is 1. The molecule has 146 valence electrons. The van der Waals surface area contributed by atoms with Gasteiger partial charge in [-0.1, -0.05) is 72.8 Å². The van der Waals surface area contributed by atoms with Gasteiger partial charge in [-0.3, -0.25) is 0 Å². The van der Waals surface area contributed by atoms with Crippen molar-refractivity contribution >= 4 is 11.0 Å². The molecule has 3 nitrogen and oxygen atoms in total. The third-order valence-corrected chi connectivity index (χ3v) is 5.69. The molecule has 0 spiro atoms. The van der Waals surface area contributed by atoms with Crippen LogP contribution in [0.15, 0.2) is 91.3 Å². The second kappa shape index (κ2) is 7.60. The van der Waals surface area contributed by atoms with Crippen LogP contribution in [0.3, 0.4) is 0 Å². The lowest BCUT2D eigenvalue weighted by molar-refractivity contribution is -0.687. The van der Waals surface area contributed by atoms with E-state index >= 15 is 0 Å². The van der Waals surface area contributed by atoms with Gasteiger partial charge < -0.3 is 4.98 Å². The summed E-state index contributed by atoms with van der Waals surface area (Å²) in [5.41, 5.74) is 9.50. The molecule has 3 heteroatoms. The highest BCUT2D eigenvalue weighted by molar-refractivity contribution is 5.78. The summed E-state index contributed by atoms with van der Waals surface area (Å²) in [5.74, 6) is 0.897. The van der Waals surface area contributed by atoms with Crippen LogP contribution in [0.5, 0.6) is 0 Å². The minimum absolute atomic E-state index is 0.843. The lowest BCUT2D eigenvalue weighted by atomic mass is 9.99. The molecule has 0 radical (unpaired) electrons. The van der Waals surface area contributed by atoms with Gasteiger partial charge in [0.05, 0.1) is 0 Å². The van der Waals surface area contributed by atoms with E-state index in [0.29, 0.717) is 0 Å². The summed E-state index contributed by atoms with van der Waals surface area (Å²) in [6.07, 6.45) is 4.21. The van der Waals surface area contributed by atoms with E-state index < -0.39 is 0 Å². The Kier molecular flexibility index (Phi) is 4.64. The van der Waals surface area contributed by atoms with Gasteiger partial charge >= 0.3 is 0 Å². The van der Waals surface area contributed by atoms with E-state index in [-0.39, 0.29) is 0 Å². The fourth-order valence-corrected chi connectivity index (χ4v) is 3.77. The molecule has 5 aromatic rings. The first-order valence-corrected chi connectivity index (χ1v) is 10.3. The smallest absolute Gasteiger partial charge is 0.195 e. The molecule has 30 heavy (non-hydrogen) atoms. The van der Waals surface area contributed by atoms with Gasteiger partial charge in [0.15, 0.2) is 18.9 Å². The maximum atomic E-state index is 4.79. The number of pyridine rings is 1. The van der Waals surface area contributed by atoms with Gasteiger partial charge in [-0.25, -0.2) is 4.98 Å². The lowest BCUT2D eigenvalue weighted by Crippen LogP contribution is -2.33. The van der Waals surface area contributed by atoms with Gasteiger partial charge in [0.2, 0.25) is 0 Å². The summed E-state index contributed by atoms with van der Waals surface area (Å²) in [7, 11) is 0. The normalized spacial score (nSPS) is 11.1. The monoisotopic (exact) mass is 390 g/mol. The van der Waals surface area contributed by atoms with Gasteiger partial charge in [0.25, 0.3) is 0 Å². The Bertz CT molecular complexity index is 1320. The number of imidazole rings is 1. The number of aryl methyl sites for hydroxylation is 2. The predicted octanol–water partition coefficient (Wildman–Crippen LogP) is 5.85. The highest BCUT2D eigenvalue weighted by Gasteiger charge is 2.10. The van der Waals surface area contributed by atoms with Gasteiger partial charge in [-0.15, -0.1) is 0 Å². The minimum Gasteiger partial charge on any atom is -0.333 e. The molecular formula is C27H24N3+. The van der Waals surface area contributed by atoms with Crippen molar-refractivity contribution in [2.45, 2.75) is 20.4 Å². The molecular weight excluding hydrogens is 366 g/mol. The molecule has 1 N–H and O–H groups in total. The Morgan fingerprint density at radius 3 is 2.27 bits per heavy atom. The quantitative estimate of drug-likeness (QED) is 0.384. The van der Waals surface area contributed by atoms with E-state index in [0.717, 1.165) is 29.0 Å². The summed E-state index contributed by atoms with van der Waals surface area (Å²) < 4.78 is 2.18. The molecule has 0 aliphatic carbocycles. The van der Waals surface area contributed by atoms with Crippen LogP contribution in [0.4, 0.5) is 0 Å². The van der Waals surface area contributed by atoms with Crippen molar-refractivity contribution < 1.29 is 4.57 Å². The van der Waals surface area contributed by atoms with E-state index in [4.69, 9.17) is 4.98 Å². The van der Waals surface area contributed by atoms with Crippen LogP contribution in [0.25, 0.3) is 33.5 Å². The number of nitrogens with zero attached hydrogens (tertiary/aromatic N) is 2. The van der Waals surface area contributed by atoms with Crippen molar-refractivity contribution in [3.05, 3.63) is 108 Å². The second-order valence-corrected chi connectivity index (χ2v) is 7.86. The van der Waals surface area contributed by atoms with E-state index in [1.165, 1.54) is 27.8 Å². The van der Waals surface area contributed by atoms with Crippen molar-refractivity contribution in [1.82, 2.24) is 9.97 Å². The van der Waals surface area contributed by atoms with Gasteiger partial charge in [-0.05, 0) is 36.1 Å². The number of nitrogens with one attached hydrogen (secondary N) is 1. The topological polar surface area (TPSA) is 32.6 Å². The Morgan fingerprint density at radius 1 is 0.767 bits per heavy atom. The van der Waals surface area contributed by atoms with Crippen molar-refractivity contribution in [2.24, 2.45) is 0 Å². The standard InChI is InChI=1S/C27H23N3/c1-19-8-9-24(16-20(19)2)22-10-12-23(13-11-22)27-28-25-14-15-30(18-26(25)29-27)17-21-6-4-3-5-7-21/h3-16,18H,17H2,1-2H3/p+1. The summed E-state index contributed by atoms with van der Waals surface area (Å²) in [6.45, 7) is 5.15. The van der Waals surface area contributed by atoms with E-state index in [1.807, 2.05) is 6.07 Å².